The number of thiophene rings is 1. The number of alkyl halides is 3. The molecule has 12 heteroatoms. The third kappa shape index (κ3) is 6.80. The highest BCUT2D eigenvalue weighted by atomic mass is 35.5. The predicted octanol–water partition coefficient (Wildman–Crippen LogP) is 4.55. The van der Waals surface area contributed by atoms with Crippen molar-refractivity contribution in [1.29, 1.82) is 0 Å². The number of benzene rings is 1. The summed E-state index contributed by atoms with van der Waals surface area (Å²) < 4.78 is 39.9. The molecule has 2 atom stereocenters. The van der Waals surface area contributed by atoms with Crippen molar-refractivity contribution in [3.8, 4) is 0 Å². The summed E-state index contributed by atoms with van der Waals surface area (Å²) in [5, 5.41) is 11.0. The Balaban J connectivity index is 1.48. The van der Waals surface area contributed by atoms with Crippen LogP contribution in [0.25, 0.3) is 0 Å². The number of likely N-dealkylation sites (tertiary alicyclic amines) is 2. The Labute approximate surface area is 240 Å². The third-order valence-electron chi connectivity index (χ3n) is 7.89. The van der Waals surface area contributed by atoms with Gasteiger partial charge in [0.2, 0.25) is 17.7 Å². The van der Waals surface area contributed by atoms with Gasteiger partial charge >= 0.3 is 6.18 Å². The minimum Gasteiger partial charge on any atom is -0.387 e. The molecule has 218 valence electrons. The van der Waals surface area contributed by atoms with Gasteiger partial charge in [-0.05, 0) is 67.0 Å². The SMILES string of the molecule is Cc1ccsc1C1CN(C(=O)C2CCN(C(=O)CO)CC2)CCC1C(=O)N(C)Cc1cc(Cl)cc(C(F)(F)F)c1. The molecule has 3 amide bonds. The van der Waals surface area contributed by atoms with Crippen LogP contribution in [0.1, 0.15) is 46.7 Å². The van der Waals surface area contributed by atoms with Gasteiger partial charge in [-0.2, -0.15) is 13.2 Å². The summed E-state index contributed by atoms with van der Waals surface area (Å²) in [7, 11) is 1.58. The van der Waals surface area contributed by atoms with Crippen molar-refractivity contribution >= 4 is 40.7 Å². The molecule has 2 unspecified atom stereocenters. The molecular formula is C28H33ClF3N3O4S. The van der Waals surface area contributed by atoms with Crippen LogP contribution in [0, 0.1) is 18.8 Å². The lowest BCUT2D eigenvalue weighted by Crippen LogP contribution is -2.50. The lowest BCUT2D eigenvalue weighted by atomic mass is 9.81. The Bertz CT molecular complexity index is 1250. The zero-order chi connectivity index (χ0) is 29.2. The average molecular weight is 600 g/mol. The molecule has 2 aliphatic heterocycles. The molecule has 4 rings (SSSR count). The smallest absolute Gasteiger partial charge is 0.387 e. The Hall–Kier alpha value is -2.63. The molecule has 40 heavy (non-hydrogen) atoms. The molecular weight excluding hydrogens is 567 g/mol. The second kappa shape index (κ2) is 12.5. The maximum Gasteiger partial charge on any atom is 0.416 e. The molecule has 0 radical (unpaired) electrons. The van der Waals surface area contributed by atoms with E-state index in [1.54, 1.807) is 11.9 Å². The number of carbonyl (C=O) groups excluding carboxylic acids is 3. The van der Waals surface area contributed by atoms with Crippen LogP contribution in [0.3, 0.4) is 0 Å². The number of aryl methyl sites for hydroxylation is 1. The van der Waals surface area contributed by atoms with Crippen molar-refractivity contribution in [1.82, 2.24) is 14.7 Å². The highest BCUT2D eigenvalue weighted by molar-refractivity contribution is 7.10. The lowest BCUT2D eigenvalue weighted by molar-refractivity contribution is -0.145. The monoisotopic (exact) mass is 599 g/mol. The molecule has 0 spiro atoms. The van der Waals surface area contributed by atoms with Crippen LogP contribution in [-0.2, 0) is 27.1 Å². The first kappa shape index (κ1) is 30.3. The molecule has 1 aromatic heterocycles. The number of aliphatic hydroxyl groups excluding tert-OH is 1. The van der Waals surface area contributed by atoms with Crippen molar-refractivity contribution in [2.75, 3.05) is 39.8 Å². The second-order valence-corrected chi connectivity index (χ2v) is 12.0. The van der Waals surface area contributed by atoms with E-state index in [0.29, 0.717) is 45.4 Å². The lowest BCUT2D eigenvalue weighted by Gasteiger charge is -2.41. The van der Waals surface area contributed by atoms with Crippen LogP contribution in [-0.4, -0.2) is 77.4 Å². The van der Waals surface area contributed by atoms with Crippen molar-refractivity contribution in [2.24, 2.45) is 11.8 Å². The van der Waals surface area contributed by atoms with E-state index in [0.717, 1.165) is 22.6 Å². The van der Waals surface area contributed by atoms with Gasteiger partial charge in [-0.1, -0.05) is 11.6 Å². The minimum atomic E-state index is -4.55. The quantitative estimate of drug-likeness (QED) is 0.528. The highest BCUT2D eigenvalue weighted by Gasteiger charge is 2.41. The van der Waals surface area contributed by atoms with E-state index < -0.39 is 24.3 Å². The fourth-order valence-corrected chi connectivity index (χ4v) is 7.10. The summed E-state index contributed by atoms with van der Waals surface area (Å²) in [5.74, 6) is -1.42. The number of amides is 3. The minimum absolute atomic E-state index is 0.00756. The number of aliphatic hydroxyl groups is 1. The van der Waals surface area contributed by atoms with Gasteiger partial charge < -0.3 is 19.8 Å². The summed E-state index contributed by atoms with van der Waals surface area (Å²) in [6, 6.07) is 5.29. The number of carbonyl (C=O) groups is 3. The summed E-state index contributed by atoms with van der Waals surface area (Å²) in [4.78, 5) is 44.8. The largest absolute Gasteiger partial charge is 0.416 e. The topological polar surface area (TPSA) is 81.2 Å². The van der Waals surface area contributed by atoms with E-state index in [1.165, 1.54) is 22.3 Å². The average Bonchev–Trinajstić information content (AvgIpc) is 3.36. The summed E-state index contributed by atoms with van der Waals surface area (Å²) in [6.07, 6.45) is -3.07. The zero-order valence-electron chi connectivity index (χ0n) is 22.4. The van der Waals surface area contributed by atoms with Crippen LogP contribution in [0.4, 0.5) is 13.2 Å². The van der Waals surface area contributed by atoms with Gasteiger partial charge in [-0.15, -0.1) is 11.3 Å². The van der Waals surface area contributed by atoms with Crippen molar-refractivity contribution < 1.29 is 32.7 Å². The predicted molar refractivity (Wildman–Crippen MR) is 146 cm³/mol. The number of rotatable bonds is 6. The fraction of sp³-hybridized carbons (Fsp3) is 0.536. The second-order valence-electron chi connectivity index (χ2n) is 10.6. The first-order valence-electron chi connectivity index (χ1n) is 13.2. The molecule has 7 nitrogen and oxygen atoms in total. The van der Waals surface area contributed by atoms with Crippen molar-refractivity contribution in [3.05, 3.63) is 56.2 Å². The molecule has 0 saturated carbocycles. The van der Waals surface area contributed by atoms with E-state index in [9.17, 15) is 27.6 Å². The Morgan fingerprint density at radius 2 is 1.77 bits per heavy atom. The standard InChI is InChI=1S/C28H33ClF3N3O4S/c1-17-6-10-40-25(17)23-15-35(26(38)19-3-7-34(8-4-19)24(37)16-36)9-5-22(23)27(39)33(2)14-18-11-20(28(30,31)32)13-21(29)12-18/h6,10-13,19,22-23,36H,3-5,7-9,14-16H2,1-2H3. The molecule has 2 fully saturated rings. The van der Waals surface area contributed by atoms with Crippen molar-refractivity contribution in [3.63, 3.8) is 0 Å². The van der Waals surface area contributed by atoms with Crippen LogP contribution in [0.2, 0.25) is 5.02 Å². The number of piperidine rings is 2. The van der Waals surface area contributed by atoms with Gasteiger partial charge in [0.15, 0.2) is 0 Å². The molecule has 2 saturated heterocycles. The Kier molecular flexibility index (Phi) is 9.47. The molecule has 2 aromatic rings. The molecule has 1 N–H and O–H groups in total. The van der Waals surface area contributed by atoms with Crippen molar-refractivity contribution in [2.45, 2.75) is 44.8 Å². The molecule has 0 aliphatic carbocycles. The highest BCUT2D eigenvalue weighted by Crippen LogP contribution is 2.39. The summed E-state index contributed by atoms with van der Waals surface area (Å²) in [5.41, 5.74) is 0.463. The summed E-state index contributed by atoms with van der Waals surface area (Å²) in [6.45, 7) is 3.01. The van der Waals surface area contributed by atoms with E-state index in [1.807, 2.05) is 23.3 Å². The third-order valence-corrected chi connectivity index (χ3v) is 9.26. The maximum absolute atomic E-state index is 13.7. The van der Waals surface area contributed by atoms with E-state index in [4.69, 9.17) is 16.7 Å². The number of hydrogen-bond donors (Lipinski definition) is 1. The Morgan fingerprint density at radius 3 is 2.38 bits per heavy atom. The van der Waals surface area contributed by atoms with Gasteiger partial charge in [0, 0.05) is 67.4 Å². The number of nitrogens with zero attached hydrogens (tertiary/aromatic N) is 3. The molecule has 1 aromatic carbocycles. The molecule has 2 aliphatic rings. The van der Waals surface area contributed by atoms with Gasteiger partial charge in [0.25, 0.3) is 0 Å². The van der Waals surface area contributed by atoms with E-state index in [-0.39, 0.29) is 46.7 Å². The fourth-order valence-electron chi connectivity index (χ4n) is 5.75. The normalized spacial score (nSPS) is 20.5. The first-order chi connectivity index (χ1) is 18.9. The molecule has 3 heterocycles. The Morgan fingerprint density at radius 1 is 1.10 bits per heavy atom. The number of hydrogen-bond acceptors (Lipinski definition) is 5. The van der Waals surface area contributed by atoms with Crippen LogP contribution >= 0.6 is 22.9 Å². The van der Waals surface area contributed by atoms with Crippen LogP contribution in [0.5, 0.6) is 0 Å². The van der Waals surface area contributed by atoms with Gasteiger partial charge in [0.1, 0.15) is 6.61 Å². The van der Waals surface area contributed by atoms with Crippen LogP contribution < -0.4 is 0 Å². The first-order valence-corrected chi connectivity index (χ1v) is 14.5. The van der Waals surface area contributed by atoms with Gasteiger partial charge in [-0.25, -0.2) is 0 Å². The number of halogens is 4. The van der Waals surface area contributed by atoms with Crippen LogP contribution in [0.15, 0.2) is 29.6 Å². The maximum atomic E-state index is 13.7. The molecule has 0 bridgehead atoms. The van der Waals surface area contributed by atoms with E-state index in [2.05, 4.69) is 0 Å². The van der Waals surface area contributed by atoms with E-state index >= 15 is 0 Å². The zero-order valence-corrected chi connectivity index (χ0v) is 24.0. The van der Waals surface area contributed by atoms with Gasteiger partial charge in [0.05, 0.1) is 5.56 Å². The summed E-state index contributed by atoms with van der Waals surface area (Å²) >= 11 is 7.48. The van der Waals surface area contributed by atoms with Gasteiger partial charge in [-0.3, -0.25) is 14.4 Å².